The normalized spacial score (nSPS) is 10.6. The molecule has 0 saturated heterocycles. The maximum atomic E-state index is 12.5. The second kappa shape index (κ2) is 9.23. The highest BCUT2D eigenvalue weighted by Crippen LogP contribution is 2.22. The van der Waals surface area contributed by atoms with E-state index in [-0.39, 0.29) is 5.69 Å². The van der Waals surface area contributed by atoms with Crippen molar-refractivity contribution in [3.05, 3.63) is 100 Å². The Labute approximate surface area is 181 Å². The van der Waals surface area contributed by atoms with Gasteiger partial charge in [0.15, 0.2) is 5.69 Å². The van der Waals surface area contributed by atoms with Gasteiger partial charge in [-0.15, -0.1) is 11.8 Å². The van der Waals surface area contributed by atoms with E-state index in [1.165, 1.54) is 0 Å². The molecule has 0 spiro atoms. The number of aromatic amines is 1. The van der Waals surface area contributed by atoms with Gasteiger partial charge in [-0.05, 0) is 42.0 Å². The Bertz CT molecular complexity index is 1290. The van der Waals surface area contributed by atoms with Crippen molar-refractivity contribution in [2.45, 2.75) is 10.6 Å². The molecule has 3 N–H and O–H groups in total. The number of carbonyl (C=O) groups is 2. The molecular weight excluding hydrogens is 414 g/mol. The summed E-state index contributed by atoms with van der Waals surface area (Å²) in [6.07, 6.45) is 3.55. The Morgan fingerprint density at radius 3 is 2.39 bits per heavy atom. The topological polar surface area (TPSA) is 117 Å². The molecule has 0 aliphatic heterocycles. The van der Waals surface area contributed by atoms with Crippen molar-refractivity contribution in [2.75, 3.05) is 0 Å². The Balaban J connectivity index is 1.37. The van der Waals surface area contributed by atoms with Gasteiger partial charge in [0.1, 0.15) is 0 Å². The maximum Gasteiger partial charge on any atom is 0.290 e. The summed E-state index contributed by atoms with van der Waals surface area (Å²) in [5.41, 5.74) is 5.83. The zero-order chi connectivity index (χ0) is 21.6. The summed E-state index contributed by atoms with van der Waals surface area (Å²) in [5.74, 6) is -0.328. The van der Waals surface area contributed by atoms with Crippen LogP contribution in [0.15, 0.2) is 82.7 Å². The van der Waals surface area contributed by atoms with Gasteiger partial charge < -0.3 is 0 Å². The summed E-state index contributed by atoms with van der Waals surface area (Å²) in [6.45, 7) is 0. The van der Waals surface area contributed by atoms with Crippen molar-refractivity contribution in [1.82, 2.24) is 26.0 Å². The van der Waals surface area contributed by atoms with Gasteiger partial charge >= 0.3 is 0 Å². The number of rotatable bonds is 5. The van der Waals surface area contributed by atoms with Crippen LogP contribution in [0.4, 0.5) is 0 Å². The Kier molecular flexibility index (Phi) is 6.04. The lowest BCUT2D eigenvalue weighted by Crippen LogP contribution is -2.42. The molecule has 0 aliphatic carbocycles. The molecule has 154 valence electrons. The van der Waals surface area contributed by atoms with Crippen LogP contribution in [0.2, 0.25) is 0 Å². The quantitative estimate of drug-likeness (QED) is 0.330. The number of nitrogens with one attached hydrogen (secondary N) is 3. The lowest BCUT2D eigenvalue weighted by molar-refractivity contribution is 0.0844. The van der Waals surface area contributed by atoms with E-state index < -0.39 is 17.4 Å². The molecule has 2 heterocycles. The highest BCUT2D eigenvalue weighted by molar-refractivity contribution is 7.98. The van der Waals surface area contributed by atoms with Crippen molar-refractivity contribution in [3.8, 4) is 0 Å². The number of H-pyrrole nitrogens is 1. The fourth-order valence-electron chi connectivity index (χ4n) is 2.89. The number of benzene rings is 2. The van der Waals surface area contributed by atoms with Crippen LogP contribution < -0.4 is 16.4 Å². The van der Waals surface area contributed by atoms with E-state index >= 15 is 0 Å². The lowest BCUT2D eigenvalue weighted by Gasteiger charge is -2.09. The zero-order valence-electron chi connectivity index (χ0n) is 16.2. The molecule has 4 aromatic rings. The SMILES string of the molecule is O=C(NNC(=O)c1n[nH]c(=O)c2ccccc12)c1ccc(SCc2cccnc2)cc1. The van der Waals surface area contributed by atoms with E-state index in [0.717, 1.165) is 16.2 Å². The van der Waals surface area contributed by atoms with Crippen molar-refractivity contribution < 1.29 is 9.59 Å². The summed E-state index contributed by atoms with van der Waals surface area (Å²) in [7, 11) is 0. The Morgan fingerprint density at radius 1 is 0.903 bits per heavy atom. The summed E-state index contributed by atoms with van der Waals surface area (Å²) >= 11 is 1.63. The fraction of sp³-hybridized carbons (Fsp3) is 0.0455. The maximum absolute atomic E-state index is 12.5. The molecule has 0 aliphatic rings. The van der Waals surface area contributed by atoms with Gasteiger partial charge in [0, 0.05) is 34.0 Å². The molecule has 0 radical (unpaired) electrons. The van der Waals surface area contributed by atoms with Crippen LogP contribution in [-0.4, -0.2) is 27.0 Å². The number of hydrazine groups is 1. The molecule has 0 saturated carbocycles. The second-order valence-corrected chi connectivity index (χ2v) is 7.58. The van der Waals surface area contributed by atoms with E-state index in [0.29, 0.717) is 16.3 Å². The highest BCUT2D eigenvalue weighted by atomic mass is 32.2. The average Bonchev–Trinajstić information content (AvgIpc) is 2.82. The van der Waals surface area contributed by atoms with E-state index in [4.69, 9.17) is 0 Å². The van der Waals surface area contributed by atoms with E-state index in [9.17, 15) is 14.4 Å². The van der Waals surface area contributed by atoms with Gasteiger partial charge in [-0.1, -0.05) is 24.3 Å². The fourth-order valence-corrected chi connectivity index (χ4v) is 3.72. The van der Waals surface area contributed by atoms with Crippen molar-refractivity contribution in [2.24, 2.45) is 0 Å². The third-order valence-corrected chi connectivity index (χ3v) is 5.53. The van der Waals surface area contributed by atoms with Crippen LogP contribution in [0, 0.1) is 0 Å². The second-order valence-electron chi connectivity index (χ2n) is 6.53. The van der Waals surface area contributed by atoms with Crippen LogP contribution in [0.25, 0.3) is 10.8 Å². The summed E-state index contributed by atoms with van der Waals surface area (Å²) in [6, 6.07) is 17.6. The number of aromatic nitrogens is 3. The number of nitrogens with zero attached hydrogens (tertiary/aromatic N) is 2. The highest BCUT2D eigenvalue weighted by Gasteiger charge is 2.15. The first-order valence-electron chi connectivity index (χ1n) is 9.32. The van der Waals surface area contributed by atoms with E-state index in [2.05, 4.69) is 26.0 Å². The molecule has 4 rings (SSSR count). The molecule has 0 unspecified atom stereocenters. The summed E-state index contributed by atoms with van der Waals surface area (Å²) in [5, 5.41) is 6.83. The summed E-state index contributed by atoms with van der Waals surface area (Å²) < 4.78 is 0. The molecule has 8 nitrogen and oxygen atoms in total. The van der Waals surface area contributed by atoms with Crippen LogP contribution >= 0.6 is 11.8 Å². The third-order valence-electron chi connectivity index (χ3n) is 4.45. The molecule has 9 heteroatoms. The first-order valence-corrected chi connectivity index (χ1v) is 10.3. The number of hydrogen-bond acceptors (Lipinski definition) is 6. The van der Waals surface area contributed by atoms with Crippen molar-refractivity contribution in [1.29, 1.82) is 0 Å². The molecule has 31 heavy (non-hydrogen) atoms. The number of amides is 2. The van der Waals surface area contributed by atoms with Crippen LogP contribution in [0.5, 0.6) is 0 Å². The number of thioether (sulfide) groups is 1. The summed E-state index contributed by atoms with van der Waals surface area (Å²) in [4.78, 5) is 41.8. The van der Waals surface area contributed by atoms with Gasteiger partial charge in [-0.3, -0.25) is 30.2 Å². The van der Waals surface area contributed by atoms with E-state index in [1.54, 1.807) is 54.4 Å². The lowest BCUT2D eigenvalue weighted by atomic mass is 10.1. The van der Waals surface area contributed by atoms with Crippen molar-refractivity contribution in [3.63, 3.8) is 0 Å². The van der Waals surface area contributed by atoms with Crippen molar-refractivity contribution >= 4 is 34.3 Å². The van der Waals surface area contributed by atoms with Crippen LogP contribution in [-0.2, 0) is 5.75 Å². The minimum absolute atomic E-state index is 0.0117. The molecule has 0 fully saturated rings. The number of hydrogen-bond donors (Lipinski definition) is 3. The first kappa shape index (κ1) is 20.3. The van der Waals surface area contributed by atoms with E-state index in [1.807, 2.05) is 30.5 Å². The number of fused-ring (bicyclic) bond motifs is 1. The number of carbonyl (C=O) groups excluding carboxylic acids is 2. The molecule has 0 atom stereocenters. The molecule has 0 bridgehead atoms. The Hall–Kier alpha value is -3.98. The Morgan fingerprint density at radius 2 is 1.65 bits per heavy atom. The van der Waals surface area contributed by atoms with Crippen LogP contribution in [0.3, 0.4) is 0 Å². The molecule has 2 amide bonds. The first-order chi connectivity index (χ1) is 15.1. The predicted molar refractivity (Wildman–Crippen MR) is 118 cm³/mol. The number of pyridine rings is 1. The van der Waals surface area contributed by atoms with Gasteiger partial charge in [0.05, 0.1) is 5.39 Å². The molecule has 2 aromatic heterocycles. The largest absolute Gasteiger partial charge is 0.290 e. The third kappa shape index (κ3) is 4.78. The van der Waals surface area contributed by atoms with Crippen LogP contribution in [0.1, 0.15) is 26.4 Å². The minimum atomic E-state index is -0.635. The zero-order valence-corrected chi connectivity index (χ0v) is 17.0. The standard InChI is InChI=1S/C22H17N5O3S/c28-20(15-7-9-16(10-8-15)31-13-14-4-3-11-23-12-14)25-27-22(30)19-17-5-1-2-6-18(17)21(29)26-24-19/h1-12H,13H2,(H,25,28)(H,26,29)(H,27,30). The monoisotopic (exact) mass is 431 g/mol. The smallest absolute Gasteiger partial charge is 0.267 e. The molecule has 2 aromatic carbocycles. The average molecular weight is 431 g/mol. The molecular formula is C22H17N5O3S. The van der Waals surface area contributed by atoms with Gasteiger partial charge in [-0.25, -0.2) is 5.10 Å². The van der Waals surface area contributed by atoms with Gasteiger partial charge in [-0.2, -0.15) is 5.10 Å². The predicted octanol–water partition coefficient (Wildman–Crippen LogP) is 2.69. The van der Waals surface area contributed by atoms with Gasteiger partial charge in [0.2, 0.25) is 0 Å². The minimum Gasteiger partial charge on any atom is -0.267 e. The van der Waals surface area contributed by atoms with Gasteiger partial charge in [0.25, 0.3) is 17.4 Å².